The van der Waals surface area contributed by atoms with Gasteiger partial charge >= 0.3 is 5.97 Å². The third kappa shape index (κ3) is 5.20. The van der Waals surface area contributed by atoms with Crippen molar-refractivity contribution in [2.75, 3.05) is 18.5 Å². The van der Waals surface area contributed by atoms with Gasteiger partial charge in [0.05, 0.1) is 29.9 Å². The van der Waals surface area contributed by atoms with Crippen molar-refractivity contribution in [2.45, 2.75) is 53.5 Å². The van der Waals surface area contributed by atoms with Crippen molar-refractivity contribution in [3.8, 4) is 10.9 Å². The highest BCUT2D eigenvalue weighted by atomic mass is 32.1. The molecule has 4 aromatic rings. The zero-order valence-corrected chi connectivity index (χ0v) is 25.7. The summed E-state index contributed by atoms with van der Waals surface area (Å²) in [6.07, 6.45) is 3.19. The van der Waals surface area contributed by atoms with Gasteiger partial charge in [-0.15, -0.1) is 0 Å². The van der Waals surface area contributed by atoms with Crippen LogP contribution in [0.1, 0.15) is 66.5 Å². The van der Waals surface area contributed by atoms with Crippen LogP contribution in [0.4, 0.5) is 5.69 Å². The quantitative estimate of drug-likeness (QED) is 0.227. The maximum absolute atomic E-state index is 13.8. The second kappa shape index (κ2) is 11.3. The van der Waals surface area contributed by atoms with Crippen LogP contribution in [0.25, 0.3) is 10.9 Å². The second-order valence-corrected chi connectivity index (χ2v) is 12.3. The summed E-state index contributed by atoms with van der Waals surface area (Å²) >= 11 is 1.14. The average molecular weight is 599 g/mol. The molecule has 0 fully saturated rings. The van der Waals surface area contributed by atoms with E-state index in [-0.39, 0.29) is 25.0 Å². The Bertz CT molecular complexity index is 1780. The van der Waals surface area contributed by atoms with Gasteiger partial charge in [0.15, 0.2) is 0 Å². The number of thiazole rings is 1. The maximum atomic E-state index is 13.8. The van der Waals surface area contributed by atoms with Gasteiger partial charge < -0.3 is 19.4 Å². The van der Waals surface area contributed by atoms with Gasteiger partial charge in [0.1, 0.15) is 10.6 Å². The van der Waals surface area contributed by atoms with E-state index in [4.69, 9.17) is 9.47 Å². The Hall–Kier alpha value is -4.44. The molecule has 2 amide bonds. The lowest BCUT2D eigenvalue weighted by atomic mass is 9.84. The summed E-state index contributed by atoms with van der Waals surface area (Å²) < 4.78 is 13.4. The molecular formula is C33H34N4O5S. The molecule has 0 unspecified atom stereocenters. The zero-order valence-electron chi connectivity index (χ0n) is 24.9. The standard InChI is InChI=1S/C33H34N4O5S/c1-6-41-32(40)30-19(4)34-33(43-30)42-22-12-10-21(11-13-22)27-23-16-36(15-14-18(2)3)26-9-7-8-24(28(23)26)35-25-17-37(20(5)38)31(39)29(25)27/h7-13,16,18,27,35H,6,14-15,17H2,1-5H3/t27-/m1/s1. The van der Waals surface area contributed by atoms with Crippen LogP contribution in [0.15, 0.2) is 59.9 Å². The minimum atomic E-state index is -0.415. The van der Waals surface area contributed by atoms with Gasteiger partial charge in [-0.1, -0.05) is 43.4 Å². The predicted molar refractivity (Wildman–Crippen MR) is 166 cm³/mol. The van der Waals surface area contributed by atoms with E-state index in [1.54, 1.807) is 13.8 Å². The number of amides is 2. The molecule has 0 radical (unpaired) electrons. The molecular weight excluding hydrogens is 564 g/mol. The van der Waals surface area contributed by atoms with Crippen LogP contribution < -0.4 is 10.1 Å². The summed E-state index contributed by atoms with van der Waals surface area (Å²) in [5, 5.41) is 4.96. The molecule has 0 saturated carbocycles. The number of ether oxygens (including phenoxy) is 2. The SMILES string of the molecule is CCOC(=O)c1sc(Oc2ccc([C@H]3C4=C(CN(C(C)=O)C4=O)Nc4cccc5c4c3cn5CCC(C)C)cc2)nc1C. The highest BCUT2D eigenvalue weighted by Crippen LogP contribution is 2.47. The van der Waals surface area contributed by atoms with E-state index in [0.717, 1.165) is 57.7 Å². The number of aromatic nitrogens is 2. The van der Waals surface area contributed by atoms with Gasteiger partial charge in [0, 0.05) is 42.4 Å². The van der Waals surface area contributed by atoms with E-state index < -0.39 is 11.9 Å². The van der Waals surface area contributed by atoms with Crippen molar-refractivity contribution in [3.63, 3.8) is 0 Å². The number of anilines is 1. The lowest BCUT2D eigenvalue weighted by Crippen LogP contribution is -2.33. The van der Waals surface area contributed by atoms with E-state index >= 15 is 0 Å². The molecule has 2 aromatic heterocycles. The van der Waals surface area contributed by atoms with Gasteiger partial charge in [-0.3, -0.25) is 14.5 Å². The highest BCUT2D eigenvalue weighted by molar-refractivity contribution is 7.15. The Morgan fingerprint density at radius 1 is 1.16 bits per heavy atom. The van der Waals surface area contributed by atoms with Crippen LogP contribution in [0.2, 0.25) is 0 Å². The van der Waals surface area contributed by atoms with Crippen LogP contribution in [-0.4, -0.2) is 45.4 Å². The first-order valence-electron chi connectivity index (χ1n) is 14.5. The summed E-state index contributed by atoms with van der Waals surface area (Å²) in [5.41, 5.74) is 5.85. The molecule has 2 aliphatic heterocycles. The van der Waals surface area contributed by atoms with Crippen LogP contribution in [0, 0.1) is 12.8 Å². The van der Waals surface area contributed by atoms with Crippen molar-refractivity contribution in [1.29, 1.82) is 0 Å². The van der Waals surface area contributed by atoms with Gasteiger partial charge in [0.25, 0.3) is 11.1 Å². The molecule has 1 atom stereocenters. The maximum Gasteiger partial charge on any atom is 0.350 e. The summed E-state index contributed by atoms with van der Waals surface area (Å²) in [6, 6.07) is 13.8. The van der Waals surface area contributed by atoms with Gasteiger partial charge in [-0.2, -0.15) is 0 Å². The fraction of sp³-hybridized carbons (Fsp3) is 0.333. The predicted octanol–water partition coefficient (Wildman–Crippen LogP) is 6.62. The van der Waals surface area contributed by atoms with Crippen molar-refractivity contribution < 1.29 is 23.9 Å². The largest absolute Gasteiger partial charge is 0.462 e. The molecule has 4 heterocycles. The van der Waals surface area contributed by atoms with Crippen molar-refractivity contribution >= 4 is 45.7 Å². The summed E-state index contributed by atoms with van der Waals surface area (Å²) in [7, 11) is 0. The third-order valence-electron chi connectivity index (χ3n) is 7.92. The van der Waals surface area contributed by atoms with Crippen LogP contribution in [-0.2, 0) is 20.9 Å². The Morgan fingerprint density at radius 3 is 2.63 bits per heavy atom. The second-order valence-electron chi connectivity index (χ2n) is 11.3. The normalized spacial score (nSPS) is 16.0. The fourth-order valence-corrected chi connectivity index (χ4v) is 6.66. The molecule has 6 rings (SSSR count). The lowest BCUT2D eigenvalue weighted by molar-refractivity contribution is -0.139. The Morgan fingerprint density at radius 2 is 1.93 bits per heavy atom. The first kappa shape index (κ1) is 28.7. The number of imide groups is 1. The number of nitrogens with one attached hydrogen (secondary N) is 1. The fourth-order valence-electron chi connectivity index (χ4n) is 5.83. The van der Waals surface area contributed by atoms with E-state index in [1.807, 2.05) is 36.4 Å². The number of nitrogens with zero attached hydrogens (tertiary/aromatic N) is 3. The smallest absolute Gasteiger partial charge is 0.350 e. The Kier molecular flexibility index (Phi) is 7.56. The summed E-state index contributed by atoms with van der Waals surface area (Å²) in [4.78, 5) is 44.6. The molecule has 10 heteroatoms. The first-order chi connectivity index (χ1) is 20.7. The van der Waals surface area contributed by atoms with Crippen molar-refractivity contribution in [3.05, 3.63) is 81.6 Å². The summed E-state index contributed by atoms with van der Waals surface area (Å²) in [6.45, 7) is 10.7. The summed E-state index contributed by atoms with van der Waals surface area (Å²) in [5.74, 6) is -0.267. The van der Waals surface area contributed by atoms with E-state index in [0.29, 0.717) is 33.0 Å². The average Bonchev–Trinajstić information content (AvgIpc) is 3.60. The molecule has 0 bridgehead atoms. The Labute approximate surface area is 254 Å². The van der Waals surface area contributed by atoms with E-state index in [9.17, 15) is 14.4 Å². The molecule has 43 heavy (non-hydrogen) atoms. The van der Waals surface area contributed by atoms with Crippen LogP contribution >= 0.6 is 11.3 Å². The van der Waals surface area contributed by atoms with Gasteiger partial charge in [-0.05, 0) is 61.6 Å². The number of benzene rings is 2. The number of carbonyl (C=O) groups is 3. The number of hydrogen-bond donors (Lipinski definition) is 1. The Balaban J connectivity index is 1.41. The van der Waals surface area contributed by atoms with Crippen molar-refractivity contribution in [1.82, 2.24) is 14.5 Å². The van der Waals surface area contributed by atoms with Gasteiger partial charge in [0.2, 0.25) is 5.91 Å². The number of aryl methyl sites for hydroxylation is 2. The molecule has 0 spiro atoms. The first-order valence-corrected chi connectivity index (χ1v) is 15.3. The topological polar surface area (TPSA) is 103 Å². The number of hydrogen-bond acceptors (Lipinski definition) is 8. The third-order valence-corrected chi connectivity index (χ3v) is 8.94. The molecule has 222 valence electrons. The molecule has 9 nitrogen and oxygen atoms in total. The number of carbonyl (C=O) groups excluding carboxylic acids is 3. The molecule has 0 saturated heterocycles. The van der Waals surface area contributed by atoms with E-state index in [2.05, 4.69) is 41.0 Å². The van der Waals surface area contributed by atoms with Gasteiger partial charge in [-0.25, -0.2) is 9.78 Å². The molecule has 2 aromatic carbocycles. The van der Waals surface area contributed by atoms with E-state index in [1.165, 1.54) is 11.8 Å². The molecule has 1 N–H and O–H groups in total. The zero-order chi connectivity index (χ0) is 30.4. The molecule has 0 aliphatic carbocycles. The number of rotatable bonds is 8. The van der Waals surface area contributed by atoms with Crippen LogP contribution in [0.3, 0.4) is 0 Å². The highest BCUT2D eigenvalue weighted by Gasteiger charge is 2.41. The monoisotopic (exact) mass is 598 g/mol. The van der Waals surface area contributed by atoms with Crippen LogP contribution in [0.5, 0.6) is 10.9 Å². The van der Waals surface area contributed by atoms with Crippen molar-refractivity contribution in [2.24, 2.45) is 5.92 Å². The minimum absolute atomic E-state index is 0.210. The minimum Gasteiger partial charge on any atom is -0.462 e. The molecule has 2 aliphatic rings. The number of esters is 1. The lowest BCUT2D eigenvalue weighted by Gasteiger charge is -2.19.